The van der Waals surface area contributed by atoms with E-state index in [1.54, 1.807) is 18.2 Å². The van der Waals surface area contributed by atoms with Gasteiger partial charge in [-0.15, -0.1) is 0 Å². The Bertz CT molecular complexity index is 496. The van der Waals surface area contributed by atoms with Crippen LogP contribution in [0.25, 0.3) is 0 Å². The van der Waals surface area contributed by atoms with E-state index in [0.29, 0.717) is 18.0 Å². The van der Waals surface area contributed by atoms with Gasteiger partial charge in [-0.05, 0) is 25.5 Å². The molecule has 1 heterocycles. The molecule has 1 saturated heterocycles. The molecule has 0 spiro atoms. The number of carbonyl (C=O) groups is 1. The summed E-state index contributed by atoms with van der Waals surface area (Å²) in [5.41, 5.74) is 0.585. The minimum absolute atomic E-state index is 0.0458. The third kappa shape index (κ3) is 3.24. The maximum Gasteiger partial charge on any atom is 0.230 e. The Labute approximate surface area is 112 Å². The molecule has 2 atom stereocenters. The van der Waals surface area contributed by atoms with Gasteiger partial charge in [-0.3, -0.25) is 4.79 Å². The summed E-state index contributed by atoms with van der Waals surface area (Å²) in [6.45, 7) is 2.47. The number of rotatable bonds is 4. The van der Waals surface area contributed by atoms with Crippen molar-refractivity contribution < 1.29 is 14.3 Å². The number of carbonyl (C=O) groups excluding carboxylic acids is 1. The van der Waals surface area contributed by atoms with Gasteiger partial charge >= 0.3 is 0 Å². The molecule has 1 aliphatic heterocycles. The molecular weight excluding hydrogens is 244 g/mol. The lowest BCUT2D eigenvalue weighted by Crippen LogP contribution is -2.27. The zero-order chi connectivity index (χ0) is 13.7. The van der Waals surface area contributed by atoms with Crippen LogP contribution in [0.5, 0.6) is 5.75 Å². The summed E-state index contributed by atoms with van der Waals surface area (Å²) >= 11 is 0. The smallest absolute Gasteiger partial charge is 0.230 e. The number of amides is 1. The molecule has 0 bridgehead atoms. The monoisotopic (exact) mass is 260 g/mol. The molecule has 0 aromatic heterocycles. The quantitative estimate of drug-likeness (QED) is 0.898. The van der Waals surface area contributed by atoms with Crippen molar-refractivity contribution in [3.05, 3.63) is 24.3 Å². The van der Waals surface area contributed by atoms with Gasteiger partial charge in [0.05, 0.1) is 17.7 Å². The minimum Gasteiger partial charge on any atom is -0.477 e. The predicted octanol–water partition coefficient (Wildman–Crippen LogP) is 1.95. The molecular formula is C14H16N2O3. The molecule has 1 aromatic carbocycles. The summed E-state index contributed by atoms with van der Waals surface area (Å²) in [6, 6.07) is 8.99. The Morgan fingerprint density at radius 2 is 2.37 bits per heavy atom. The molecule has 0 radical (unpaired) electrons. The lowest BCUT2D eigenvalue weighted by molar-refractivity contribution is -0.121. The fourth-order valence-corrected chi connectivity index (χ4v) is 2.11. The fraction of sp³-hybridized carbons (Fsp3) is 0.429. The van der Waals surface area contributed by atoms with E-state index in [1.807, 2.05) is 19.1 Å². The van der Waals surface area contributed by atoms with Crippen LogP contribution in [0.4, 0.5) is 5.69 Å². The Hall–Kier alpha value is -2.06. The first kappa shape index (κ1) is 13.4. The van der Waals surface area contributed by atoms with Crippen molar-refractivity contribution in [2.24, 2.45) is 5.92 Å². The first-order valence-electron chi connectivity index (χ1n) is 6.23. The van der Waals surface area contributed by atoms with Crippen LogP contribution in [-0.2, 0) is 9.53 Å². The molecule has 1 aliphatic rings. The highest BCUT2D eigenvalue weighted by Gasteiger charge is 2.31. The van der Waals surface area contributed by atoms with Crippen molar-refractivity contribution in [1.29, 1.82) is 5.26 Å². The number of benzene rings is 1. The molecule has 1 N–H and O–H groups in total. The van der Waals surface area contributed by atoms with E-state index in [9.17, 15) is 4.79 Å². The Morgan fingerprint density at radius 1 is 1.58 bits per heavy atom. The zero-order valence-corrected chi connectivity index (χ0v) is 10.8. The van der Waals surface area contributed by atoms with Crippen LogP contribution in [0.2, 0.25) is 0 Å². The molecule has 0 saturated carbocycles. The number of hydrogen-bond donors (Lipinski definition) is 1. The molecule has 5 nitrogen and oxygen atoms in total. The van der Waals surface area contributed by atoms with Crippen molar-refractivity contribution in [2.75, 3.05) is 18.5 Å². The second-order valence-corrected chi connectivity index (χ2v) is 4.40. The van der Waals surface area contributed by atoms with Gasteiger partial charge in [0.1, 0.15) is 11.8 Å². The van der Waals surface area contributed by atoms with Crippen LogP contribution in [0, 0.1) is 17.2 Å². The summed E-state index contributed by atoms with van der Waals surface area (Å²) in [5, 5.41) is 11.4. The summed E-state index contributed by atoms with van der Waals surface area (Å²) < 4.78 is 10.7. The topological polar surface area (TPSA) is 71.3 Å². The van der Waals surface area contributed by atoms with Gasteiger partial charge in [-0.2, -0.15) is 5.26 Å². The van der Waals surface area contributed by atoms with E-state index in [-0.39, 0.29) is 24.5 Å². The van der Waals surface area contributed by atoms with Gasteiger partial charge in [-0.25, -0.2) is 0 Å². The summed E-state index contributed by atoms with van der Waals surface area (Å²) in [6.07, 6.45) is 0.668. The van der Waals surface area contributed by atoms with Gasteiger partial charge in [0.25, 0.3) is 0 Å². The van der Waals surface area contributed by atoms with E-state index in [1.165, 1.54) is 0 Å². The number of hydrogen-bond acceptors (Lipinski definition) is 4. The van der Waals surface area contributed by atoms with Crippen LogP contribution in [0.3, 0.4) is 0 Å². The van der Waals surface area contributed by atoms with Gasteiger partial charge in [0.15, 0.2) is 6.61 Å². The maximum atomic E-state index is 12.1. The lowest BCUT2D eigenvalue weighted by Gasteiger charge is -2.15. The number of nitrogens with one attached hydrogen (secondary N) is 1. The third-order valence-corrected chi connectivity index (χ3v) is 3.15. The number of para-hydroxylation sites is 2. The van der Waals surface area contributed by atoms with Gasteiger partial charge in [0, 0.05) is 6.61 Å². The second kappa shape index (κ2) is 6.21. The average Bonchev–Trinajstić information content (AvgIpc) is 2.84. The Kier molecular flexibility index (Phi) is 4.37. The first-order valence-corrected chi connectivity index (χ1v) is 6.23. The van der Waals surface area contributed by atoms with Crippen molar-refractivity contribution in [3.63, 3.8) is 0 Å². The van der Waals surface area contributed by atoms with Crippen molar-refractivity contribution in [1.82, 2.24) is 0 Å². The van der Waals surface area contributed by atoms with Crippen LogP contribution in [0.1, 0.15) is 13.3 Å². The molecule has 100 valence electrons. The van der Waals surface area contributed by atoms with Crippen molar-refractivity contribution in [2.45, 2.75) is 19.4 Å². The van der Waals surface area contributed by atoms with Gasteiger partial charge in [0.2, 0.25) is 5.91 Å². The van der Waals surface area contributed by atoms with Crippen LogP contribution in [0.15, 0.2) is 24.3 Å². The molecule has 0 aliphatic carbocycles. The number of anilines is 1. The van der Waals surface area contributed by atoms with Gasteiger partial charge < -0.3 is 14.8 Å². The molecule has 5 heteroatoms. The molecule has 1 aromatic rings. The van der Waals surface area contributed by atoms with Gasteiger partial charge in [-0.1, -0.05) is 12.1 Å². The first-order chi connectivity index (χ1) is 9.22. The van der Waals surface area contributed by atoms with E-state index in [2.05, 4.69) is 5.32 Å². The molecule has 19 heavy (non-hydrogen) atoms. The van der Waals surface area contributed by atoms with Crippen LogP contribution >= 0.6 is 0 Å². The maximum absolute atomic E-state index is 12.1. The summed E-state index contributed by atoms with van der Waals surface area (Å²) in [4.78, 5) is 12.1. The Morgan fingerprint density at radius 3 is 3.05 bits per heavy atom. The summed E-state index contributed by atoms with van der Waals surface area (Å²) in [7, 11) is 0. The molecule has 1 fully saturated rings. The molecule has 2 rings (SSSR count). The van der Waals surface area contributed by atoms with Crippen molar-refractivity contribution >= 4 is 11.6 Å². The average molecular weight is 260 g/mol. The van der Waals surface area contributed by atoms with E-state index < -0.39 is 0 Å². The lowest BCUT2D eigenvalue weighted by atomic mass is 10.0. The Balaban J connectivity index is 2.06. The number of nitrogens with zero attached hydrogens (tertiary/aromatic N) is 1. The highest BCUT2D eigenvalue weighted by Crippen LogP contribution is 2.27. The SMILES string of the molecule is CC1OCCC1C(=O)Nc1ccccc1OCC#N. The van der Waals surface area contributed by atoms with Crippen molar-refractivity contribution in [3.8, 4) is 11.8 Å². The normalized spacial score (nSPS) is 21.7. The van der Waals surface area contributed by atoms with E-state index >= 15 is 0 Å². The second-order valence-electron chi connectivity index (χ2n) is 4.40. The highest BCUT2D eigenvalue weighted by atomic mass is 16.5. The molecule has 1 amide bonds. The minimum atomic E-state index is -0.135. The van der Waals surface area contributed by atoms with Crippen LogP contribution in [-0.4, -0.2) is 25.2 Å². The summed E-state index contributed by atoms with van der Waals surface area (Å²) in [5.74, 6) is 0.297. The predicted molar refractivity (Wildman–Crippen MR) is 69.7 cm³/mol. The van der Waals surface area contributed by atoms with E-state index in [0.717, 1.165) is 6.42 Å². The number of nitriles is 1. The van der Waals surface area contributed by atoms with Crippen LogP contribution < -0.4 is 10.1 Å². The fourth-order valence-electron chi connectivity index (χ4n) is 2.11. The number of ether oxygens (including phenoxy) is 2. The largest absolute Gasteiger partial charge is 0.477 e. The molecule has 2 unspecified atom stereocenters. The highest BCUT2D eigenvalue weighted by molar-refractivity contribution is 5.94. The van der Waals surface area contributed by atoms with E-state index in [4.69, 9.17) is 14.7 Å². The standard InChI is InChI=1S/C14H16N2O3/c1-10-11(6-8-18-10)14(17)16-12-4-2-3-5-13(12)19-9-7-15/h2-5,10-11H,6,8-9H2,1H3,(H,16,17). The zero-order valence-electron chi connectivity index (χ0n) is 10.8. The third-order valence-electron chi connectivity index (χ3n) is 3.15.